The van der Waals surface area contributed by atoms with Crippen LogP contribution in [0.2, 0.25) is 0 Å². The Morgan fingerprint density at radius 2 is 0.805 bits per heavy atom. The second-order valence-corrected chi connectivity index (χ2v) is 22.2. The molecular weight excluding hydrogens is 999 g/mol. The maximum absolute atomic E-state index is 13.0. The number of unbranched alkanes of at least 4 members (excludes halogenated alkanes) is 29. The molecule has 3 rings (SSSR count). The molecule has 77 heavy (non-hydrogen) atoms. The number of hydrogen-bond acceptors (Lipinski definition) is 18. The van der Waals surface area contributed by atoms with Crippen LogP contribution in [0.1, 0.15) is 219 Å². The summed E-state index contributed by atoms with van der Waals surface area (Å²) in [5.74, 6) is -0.292. The van der Waals surface area contributed by atoms with Crippen molar-refractivity contribution >= 4 is 5.91 Å². The SMILES string of the molecule is CCCCCCCCCCCCCCCCCCCCCCCCCCCC/C=C/C(O)C(COC1OC(CO)C(OC2OC(CO)C(OC3OC(CO)C(O)C(O)C3O)C(O)C2O)C(O)C1O)NC(=O)CCCCCC. The minimum Gasteiger partial charge on any atom is -0.394 e. The van der Waals surface area contributed by atoms with Crippen LogP contribution in [0.3, 0.4) is 0 Å². The van der Waals surface area contributed by atoms with Crippen LogP contribution in [0.25, 0.3) is 0 Å². The lowest BCUT2D eigenvalue weighted by atomic mass is 9.96. The zero-order valence-electron chi connectivity index (χ0n) is 47.2. The van der Waals surface area contributed by atoms with E-state index in [0.29, 0.717) is 6.42 Å². The molecular formula is C58H109NO18. The highest BCUT2D eigenvalue weighted by Crippen LogP contribution is 2.33. The second kappa shape index (κ2) is 42.4. The third kappa shape index (κ3) is 26.5. The summed E-state index contributed by atoms with van der Waals surface area (Å²) in [5, 5.41) is 119. The molecule has 12 N–H and O–H groups in total. The van der Waals surface area contributed by atoms with Gasteiger partial charge in [-0.1, -0.05) is 206 Å². The van der Waals surface area contributed by atoms with E-state index in [-0.39, 0.29) is 18.9 Å². The van der Waals surface area contributed by atoms with Crippen molar-refractivity contribution in [2.24, 2.45) is 0 Å². The smallest absolute Gasteiger partial charge is 0.220 e. The number of ether oxygens (including phenoxy) is 6. The van der Waals surface area contributed by atoms with Gasteiger partial charge in [-0.3, -0.25) is 4.79 Å². The van der Waals surface area contributed by atoms with E-state index in [2.05, 4.69) is 19.2 Å². The minimum atomic E-state index is -1.97. The van der Waals surface area contributed by atoms with Gasteiger partial charge in [0.15, 0.2) is 18.9 Å². The van der Waals surface area contributed by atoms with Crippen molar-refractivity contribution in [3.63, 3.8) is 0 Å². The summed E-state index contributed by atoms with van der Waals surface area (Å²) in [6, 6.07) is -0.964. The molecule has 454 valence electrons. The largest absolute Gasteiger partial charge is 0.394 e. The second-order valence-electron chi connectivity index (χ2n) is 22.2. The molecule has 3 saturated heterocycles. The molecule has 19 heteroatoms. The molecule has 0 aliphatic carbocycles. The van der Waals surface area contributed by atoms with Crippen LogP contribution in [0.5, 0.6) is 0 Å². The van der Waals surface area contributed by atoms with Gasteiger partial charge in [0.1, 0.15) is 73.2 Å². The van der Waals surface area contributed by atoms with E-state index in [1.165, 1.54) is 148 Å². The predicted octanol–water partition coefficient (Wildman–Crippen LogP) is 5.38. The maximum atomic E-state index is 13.0. The first-order valence-corrected chi connectivity index (χ1v) is 30.4. The van der Waals surface area contributed by atoms with Gasteiger partial charge >= 0.3 is 0 Å². The number of carbonyl (C=O) groups excluding carboxylic acids is 1. The average molecular weight is 1110 g/mol. The number of carbonyl (C=O) groups is 1. The number of nitrogens with one attached hydrogen (secondary N) is 1. The van der Waals surface area contributed by atoms with E-state index in [1.54, 1.807) is 6.08 Å². The van der Waals surface area contributed by atoms with Crippen molar-refractivity contribution in [1.82, 2.24) is 5.32 Å². The number of amides is 1. The Kier molecular flexibility index (Phi) is 38.4. The lowest BCUT2D eigenvalue weighted by Crippen LogP contribution is -2.66. The third-order valence-corrected chi connectivity index (χ3v) is 15.6. The van der Waals surface area contributed by atoms with Gasteiger partial charge in [0.2, 0.25) is 5.91 Å². The van der Waals surface area contributed by atoms with Crippen molar-refractivity contribution in [1.29, 1.82) is 0 Å². The van der Waals surface area contributed by atoms with Crippen molar-refractivity contribution in [3.8, 4) is 0 Å². The molecule has 3 fully saturated rings. The van der Waals surface area contributed by atoms with Crippen LogP contribution in [0.15, 0.2) is 12.2 Å². The molecule has 0 radical (unpaired) electrons. The van der Waals surface area contributed by atoms with Crippen molar-refractivity contribution < 1.29 is 89.4 Å². The van der Waals surface area contributed by atoms with E-state index < -0.39 is 124 Å². The van der Waals surface area contributed by atoms with Crippen LogP contribution in [0, 0.1) is 0 Å². The van der Waals surface area contributed by atoms with E-state index in [1.807, 2.05) is 6.08 Å². The summed E-state index contributed by atoms with van der Waals surface area (Å²) in [6.45, 7) is 1.59. The molecule has 0 saturated carbocycles. The Labute approximate surface area is 461 Å². The number of aliphatic hydroxyl groups is 11. The first kappa shape index (κ1) is 69.8. The molecule has 0 bridgehead atoms. The molecule has 0 aromatic heterocycles. The van der Waals surface area contributed by atoms with Gasteiger partial charge in [0, 0.05) is 6.42 Å². The Morgan fingerprint density at radius 3 is 1.22 bits per heavy atom. The first-order valence-electron chi connectivity index (χ1n) is 30.4. The lowest BCUT2D eigenvalue weighted by Gasteiger charge is -2.48. The summed E-state index contributed by atoms with van der Waals surface area (Å²) < 4.78 is 34.1. The van der Waals surface area contributed by atoms with E-state index in [4.69, 9.17) is 28.4 Å². The van der Waals surface area contributed by atoms with Crippen LogP contribution in [-0.4, -0.2) is 193 Å². The topological polar surface area (TPSA) is 307 Å². The van der Waals surface area contributed by atoms with Gasteiger partial charge in [-0.2, -0.15) is 0 Å². The molecule has 0 aromatic carbocycles. The fraction of sp³-hybridized carbons (Fsp3) is 0.948. The zero-order chi connectivity index (χ0) is 56.2. The average Bonchev–Trinajstić information content (AvgIpc) is 3.43. The highest BCUT2D eigenvalue weighted by Gasteiger charge is 2.53. The molecule has 0 aromatic rings. The van der Waals surface area contributed by atoms with Crippen LogP contribution in [-0.2, 0) is 33.2 Å². The number of aliphatic hydroxyl groups excluding tert-OH is 11. The van der Waals surface area contributed by atoms with Crippen molar-refractivity contribution in [2.45, 2.75) is 324 Å². The number of rotatable bonds is 45. The summed E-state index contributed by atoms with van der Waals surface area (Å²) in [5.41, 5.74) is 0. The van der Waals surface area contributed by atoms with Gasteiger partial charge < -0.3 is 89.9 Å². The Balaban J connectivity index is 1.35. The Bertz CT molecular complexity index is 1460. The zero-order valence-corrected chi connectivity index (χ0v) is 47.2. The number of hydrogen-bond donors (Lipinski definition) is 12. The molecule has 3 aliphatic rings. The Morgan fingerprint density at radius 1 is 0.455 bits per heavy atom. The van der Waals surface area contributed by atoms with Gasteiger partial charge in [0.25, 0.3) is 0 Å². The van der Waals surface area contributed by atoms with E-state index >= 15 is 0 Å². The minimum absolute atomic E-state index is 0.237. The lowest BCUT2D eigenvalue weighted by molar-refractivity contribution is -0.379. The van der Waals surface area contributed by atoms with Gasteiger partial charge in [0.05, 0.1) is 38.6 Å². The first-order chi connectivity index (χ1) is 37.3. The summed E-state index contributed by atoms with van der Waals surface area (Å²) >= 11 is 0. The van der Waals surface area contributed by atoms with Crippen LogP contribution in [0.4, 0.5) is 0 Å². The molecule has 17 atom stereocenters. The fourth-order valence-electron chi connectivity index (χ4n) is 10.5. The van der Waals surface area contributed by atoms with E-state index in [9.17, 15) is 61.0 Å². The molecule has 17 unspecified atom stereocenters. The molecule has 3 heterocycles. The van der Waals surface area contributed by atoms with Crippen molar-refractivity contribution in [2.75, 3.05) is 26.4 Å². The van der Waals surface area contributed by atoms with Crippen LogP contribution >= 0.6 is 0 Å². The molecule has 3 aliphatic heterocycles. The third-order valence-electron chi connectivity index (χ3n) is 15.6. The predicted molar refractivity (Wildman–Crippen MR) is 291 cm³/mol. The quantitative estimate of drug-likeness (QED) is 0.0269. The van der Waals surface area contributed by atoms with Gasteiger partial charge in [-0.05, 0) is 19.3 Å². The van der Waals surface area contributed by atoms with Gasteiger partial charge in [-0.25, -0.2) is 0 Å². The molecule has 1 amide bonds. The summed E-state index contributed by atoms with van der Waals surface area (Å²) in [4.78, 5) is 13.0. The number of allylic oxidation sites excluding steroid dienone is 1. The monoisotopic (exact) mass is 1110 g/mol. The standard InChI is InChI=1S/C58H109NO18/c1-3-5-7-9-10-11-12-13-14-15-16-17-18-19-20-21-22-23-24-25-26-27-28-29-30-31-32-33-35-42(63)41(59-46(64)36-34-8-6-4-2)40-72-56-52(70)49(67)54(44(38-61)74-56)77-58-53(71)50(68)55(45(39-62)75-58)76-57-51(69)48(66)47(65)43(37-60)73-57/h33,35,41-45,47-58,60-63,65-71H,3-32,34,36-40H2,1-2H3,(H,59,64)/b35-33+. The molecule has 19 nitrogen and oxygen atoms in total. The van der Waals surface area contributed by atoms with Crippen LogP contribution < -0.4 is 5.32 Å². The van der Waals surface area contributed by atoms with E-state index in [0.717, 1.165) is 44.9 Å². The summed E-state index contributed by atoms with van der Waals surface area (Å²) in [6.07, 6.45) is 16.0. The fourth-order valence-corrected chi connectivity index (χ4v) is 10.5. The maximum Gasteiger partial charge on any atom is 0.220 e. The summed E-state index contributed by atoms with van der Waals surface area (Å²) in [7, 11) is 0. The van der Waals surface area contributed by atoms with Gasteiger partial charge in [-0.15, -0.1) is 0 Å². The Hall–Kier alpha value is -1.47. The highest BCUT2D eigenvalue weighted by molar-refractivity contribution is 5.76. The molecule has 0 spiro atoms. The normalized spacial score (nSPS) is 30.7. The highest BCUT2D eigenvalue weighted by atomic mass is 16.8. The van der Waals surface area contributed by atoms with Crippen molar-refractivity contribution in [3.05, 3.63) is 12.2 Å².